The van der Waals surface area contributed by atoms with Crippen molar-refractivity contribution in [3.05, 3.63) is 82.9 Å². The van der Waals surface area contributed by atoms with Crippen LogP contribution in [0.4, 0.5) is 9.93 Å². The lowest BCUT2D eigenvalue weighted by molar-refractivity contribution is -0.152. The molecular formula is C26H30N2O5S2. The SMILES string of the molecule is CSCC(O)C(C(=O)OC(c1ccccc1)c1ccccc1)c1csc(NC(=O)OC(C)(C)C)n1. The van der Waals surface area contributed by atoms with E-state index in [1.165, 1.54) is 11.8 Å². The molecule has 186 valence electrons. The molecule has 0 aliphatic carbocycles. The summed E-state index contributed by atoms with van der Waals surface area (Å²) in [6.07, 6.45) is -0.470. The minimum Gasteiger partial charge on any atom is -0.452 e. The first-order valence-corrected chi connectivity index (χ1v) is 13.4. The number of aliphatic hydroxyl groups excluding tert-OH is 1. The molecule has 0 saturated heterocycles. The quantitative estimate of drug-likeness (QED) is 0.357. The number of ether oxygens (including phenoxy) is 2. The van der Waals surface area contributed by atoms with Crippen molar-refractivity contribution in [1.29, 1.82) is 0 Å². The molecule has 1 heterocycles. The zero-order chi connectivity index (χ0) is 25.4. The highest BCUT2D eigenvalue weighted by molar-refractivity contribution is 7.98. The Morgan fingerprint density at radius 2 is 1.63 bits per heavy atom. The van der Waals surface area contributed by atoms with Crippen LogP contribution in [0.1, 0.15) is 49.6 Å². The number of amides is 1. The molecule has 0 bridgehead atoms. The molecular weight excluding hydrogens is 484 g/mol. The Morgan fingerprint density at radius 1 is 1.06 bits per heavy atom. The first-order valence-electron chi connectivity index (χ1n) is 11.1. The van der Waals surface area contributed by atoms with Gasteiger partial charge in [-0.1, -0.05) is 60.7 Å². The standard InChI is InChI=1S/C26H30N2O5S2/c1-26(2,3)33-25(31)28-24-27-19(15-35-24)21(20(29)16-34-4)23(30)32-22(17-11-7-5-8-12-17)18-13-9-6-10-14-18/h5-15,20-22,29H,16H2,1-4H3,(H,27,28,31). The summed E-state index contributed by atoms with van der Waals surface area (Å²) < 4.78 is 11.3. The lowest BCUT2D eigenvalue weighted by Crippen LogP contribution is -2.31. The lowest BCUT2D eigenvalue weighted by Gasteiger charge is -2.24. The van der Waals surface area contributed by atoms with Gasteiger partial charge in [0.15, 0.2) is 11.2 Å². The van der Waals surface area contributed by atoms with Crippen molar-refractivity contribution in [2.75, 3.05) is 17.3 Å². The maximum atomic E-state index is 13.5. The third kappa shape index (κ3) is 7.81. The van der Waals surface area contributed by atoms with Crippen molar-refractivity contribution in [1.82, 2.24) is 4.98 Å². The number of nitrogens with one attached hydrogen (secondary N) is 1. The molecule has 1 amide bonds. The van der Waals surface area contributed by atoms with Crippen LogP contribution in [-0.4, -0.2) is 45.9 Å². The number of anilines is 1. The smallest absolute Gasteiger partial charge is 0.413 e. The van der Waals surface area contributed by atoms with Crippen LogP contribution in [0.3, 0.4) is 0 Å². The van der Waals surface area contributed by atoms with Gasteiger partial charge in [0.2, 0.25) is 0 Å². The Morgan fingerprint density at radius 3 is 2.14 bits per heavy atom. The van der Waals surface area contributed by atoms with Crippen LogP contribution in [0.5, 0.6) is 0 Å². The fourth-order valence-electron chi connectivity index (χ4n) is 3.39. The van der Waals surface area contributed by atoms with E-state index in [4.69, 9.17) is 9.47 Å². The molecule has 2 aromatic carbocycles. The van der Waals surface area contributed by atoms with Crippen molar-refractivity contribution >= 4 is 40.3 Å². The highest BCUT2D eigenvalue weighted by Crippen LogP contribution is 2.32. The van der Waals surface area contributed by atoms with Crippen molar-refractivity contribution in [2.24, 2.45) is 0 Å². The van der Waals surface area contributed by atoms with Crippen molar-refractivity contribution in [3.8, 4) is 0 Å². The number of hydrogen-bond acceptors (Lipinski definition) is 8. The second-order valence-corrected chi connectivity index (χ2v) is 10.6. The molecule has 3 aromatic rings. The molecule has 1 aromatic heterocycles. The van der Waals surface area contributed by atoms with Crippen molar-refractivity contribution < 1.29 is 24.2 Å². The molecule has 2 N–H and O–H groups in total. The van der Waals surface area contributed by atoms with Gasteiger partial charge in [-0.3, -0.25) is 10.1 Å². The van der Waals surface area contributed by atoms with E-state index in [-0.39, 0.29) is 5.13 Å². The zero-order valence-corrected chi connectivity index (χ0v) is 21.8. The van der Waals surface area contributed by atoms with Crippen molar-refractivity contribution in [3.63, 3.8) is 0 Å². The molecule has 2 unspecified atom stereocenters. The van der Waals surface area contributed by atoms with Gasteiger partial charge in [-0.2, -0.15) is 11.8 Å². The number of thioether (sulfide) groups is 1. The van der Waals surface area contributed by atoms with Crippen LogP contribution in [0.2, 0.25) is 0 Å². The summed E-state index contributed by atoms with van der Waals surface area (Å²) in [6.45, 7) is 5.29. The van der Waals surface area contributed by atoms with Crippen LogP contribution in [0.15, 0.2) is 66.0 Å². The topological polar surface area (TPSA) is 97.8 Å². The maximum Gasteiger partial charge on any atom is 0.413 e. The summed E-state index contributed by atoms with van der Waals surface area (Å²) in [5, 5.41) is 15.4. The van der Waals surface area contributed by atoms with Gasteiger partial charge < -0.3 is 14.6 Å². The van der Waals surface area contributed by atoms with Gasteiger partial charge in [0.1, 0.15) is 11.5 Å². The second kappa shape index (κ2) is 12.2. The number of hydrogen-bond donors (Lipinski definition) is 2. The number of thiazole rings is 1. The predicted octanol–water partition coefficient (Wildman–Crippen LogP) is 5.63. The third-order valence-electron chi connectivity index (χ3n) is 4.86. The molecule has 0 saturated carbocycles. The van der Waals surface area contributed by atoms with Gasteiger partial charge in [0.05, 0.1) is 11.8 Å². The first kappa shape index (κ1) is 26.7. The van der Waals surface area contributed by atoms with Crippen LogP contribution >= 0.6 is 23.1 Å². The van der Waals surface area contributed by atoms with E-state index < -0.39 is 35.8 Å². The summed E-state index contributed by atoms with van der Waals surface area (Å²) in [5.74, 6) is -1.31. The minimum atomic E-state index is -1.03. The largest absolute Gasteiger partial charge is 0.452 e. The van der Waals surface area contributed by atoms with E-state index in [1.807, 2.05) is 66.9 Å². The zero-order valence-electron chi connectivity index (χ0n) is 20.1. The number of esters is 1. The molecule has 0 aliphatic heterocycles. The van der Waals surface area contributed by atoms with E-state index in [0.29, 0.717) is 11.4 Å². The Labute approximate surface area is 213 Å². The molecule has 0 radical (unpaired) electrons. The minimum absolute atomic E-state index is 0.270. The number of nitrogens with zero attached hydrogens (tertiary/aromatic N) is 1. The number of carbonyl (C=O) groups excluding carboxylic acids is 2. The summed E-state index contributed by atoms with van der Waals surface area (Å²) >= 11 is 2.56. The van der Waals surface area contributed by atoms with Crippen LogP contribution in [0.25, 0.3) is 0 Å². The normalized spacial score (nSPS) is 13.2. The average Bonchev–Trinajstić information content (AvgIpc) is 3.25. The van der Waals surface area contributed by atoms with Crippen LogP contribution < -0.4 is 5.32 Å². The molecule has 3 rings (SSSR count). The molecule has 2 atom stereocenters. The molecule has 0 aliphatic rings. The Bertz CT molecular complexity index is 1060. The van der Waals surface area contributed by atoms with E-state index in [0.717, 1.165) is 22.5 Å². The summed E-state index contributed by atoms with van der Waals surface area (Å²) in [6, 6.07) is 18.9. The molecule has 7 nitrogen and oxygen atoms in total. The summed E-state index contributed by atoms with van der Waals surface area (Å²) in [7, 11) is 0. The van der Waals surface area contributed by atoms with E-state index >= 15 is 0 Å². The van der Waals surface area contributed by atoms with Gasteiger partial charge in [0.25, 0.3) is 0 Å². The van der Waals surface area contributed by atoms with Gasteiger partial charge in [-0.05, 0) is 38.2 Å². The Balaban J connectivity index is 1.86. The fraction of sp³-hybridized carbons (Fsp3) is 0.346. The number of aliphatic hydroxyl groups is 1. The molecule has 0 fully saturated rings. The van der Waals surface area contributed by atoms with Crippen LogP contribution in [0, 0.1) is 0 Å². The Kier molecular flexibility index (Phi) is 9.31. The number of rotatable bonds is 9. The number of carbonyl (C=O) groups is 2. The highest BCUT2D eigenvalue weighted by Gasteiger charge is 2.34. The maximum absolute atomic E-state index is 13.5. The summed E-state index contributed by atoms with van der Waals surface area (Å²) in [4.78, 5) is 30.0. The van der Waals surface area contributed by atoms with E-state index in [9.17, 15) is 14.7 Å². The monoisotopic (exact) mass is 514 g/mol. The van der Waals surface area contributed by atoms with Crippen molar-refractivity contribution in [2.45, 2.75) is 44.5 Å². The Hall–Kier alpha value is -2.88. The second-order valence-electron chi connectivity index (χ2n) is 8.84. The third-order valence-corrected chi connectivity index (χ3v) is 6.31. The van der Waals surface area contributed by atoms with Gasteiger partial charge >= 0.3 is 12.1 Å². The average molecular weight is 515 g/mol. The molecule has 9 heteroatoms. The lowest BCUT2D eigenvalue weighted by atomic mass is 9.98. The number of aromatic nitrogens is 1. The van der Waals surface area contributed by atoms with Gasteiger partial charge in [-0.15, -0.1) is 11.3 Å². The van der Waals surface area contributed by atoms with Gasteiger partial charge in [-0.25, -0.2) is 9.78 Å². The fourth-order valence-corrected chi connectivity index (χ4v) is 4.66. The first-order chi connectivity index (χ1) is 16.7. The summed E-state index contributed by atoms with van der Waals surface area (Å²) in [5.41, 5.74) is 1.30. The number of benzene rings is 2. The predicted molar refractivity (Wildman–Crippen MR) is 140 cm³/mol. The molecule has 35 heavy (non-hydrogen) atoms. The highest BCUT2D eigenvalue weighted by atomic mass is 32.2. The van der Waals surface area contributed by atoms with Crippen LogP contribution in [-0.2, 0) is 14.3 Å². The van der Waals surface area contributed by atoms with E-state index in [2.05, 4.69) is 10.3 Å². The van der Waals surface area contributed by atoms with E-state index in [1.54, 1.807) is 26.2 Å². The molecule has 0 spiro atoms. The van der Waals surface area contributed by atoms with Gasteiger partial charge in [0, 0.05) is 11.1 Å².